The zero-order valence-electron chi connectivity index (χ0n) is 11.1. The summed E-state index contributed by atoms with van der Waals surface area (Å²) in [5.41, 5.74) is 2.92. The molecule has 1 unspecified atom stereocenters. The van der Waals surface area contributed by atoms with Gasteiger partial charge in [0, 0.05) is 32.8 Å². The Hall–Kier alpha value is -0.900. The minimum atomic E-state index is 0.228. The monoisotopic (exact) mass is 249 g/mol. The highest BCUT2D eigenvalue weighted by molar-refractivity contribution is 5.34. The predicted octanol–water partition coefficient (Wildman–Crippen LogP) is 2.00. The molecule has 0 saturated heterocycles. The van der Waals surface area contributed by atoms with E-state index in [2.05, 4.69) is 29.2 Å². The molecule has 1 aliphatic rings. The van der Waals surface area contributed by atoms with Crippen LogP contribution in [-0.2, 0) is 11.2 Å². The number of aryl methyl sites for hydroxylation is 1. The fraction of sp³-hybridized carbons (Fsp3) is 0.600. The van der Waals surface area contributed by atoms with Crippen molar-refractivity contribution in [3.8, 4) is 0 Å². The standard InChI is InChI=1S/C15H23NO2/c1-18-12-4-9-16(10-11-17)15-8-7-13-5-2-3-6-14(13)15/h2-3,5-6,15,17H,4,7-12H2,1H3. The highest BCUT2D eigenvalue weighted by Crippen LogP contribution is 2.35. The van der Waals surface area contributed by atoms with E-state index in [9.17, 15) is 5.11 Å². The second kappa shape index (κ2) is 6.88. The molecule has 3 heteroatoms. The van der Waals surface area contributed by atoms with E-state index < -0.39 is 0 Å². The number of aliphatic hydroxyl groups is 1. The summed E-state index contributed by atoms with van der Waals surface area (Å²) in [5, 5.41) is 9.23. The summed E-state index contributed by atoms with van der Waals surface area (Å²) in [5.74, 6) is 0. The molecule has 0 spiro atoms. The Labute approximate surface area is 109 Å². The molecule has 1 atom stereocenters. The molecule has 0 saturated carbocycles. The molecule has 0 amide bonds. The third kappa shape index (κ3) is 3.10. The Morgan fingerprint density at radius 1 is 1.33 bits per heavy atom. The Morgan fingerprint density at radius 3 is 2.94 bits per heavy atom. The number of rotatable bonds is 7. The minimum Gasteiger partial charge on any atom is -0.395 e. The maximum absolute atomic E-state index is 9.23. The van der Waals surface area contributed by atoms with E-state index in [0.717, 1.165) is 32.5 Å². The van der Waals surface area contributed by atoms with Crippen LogP contribution in [0.3, 0.4) is 0 Å². The lowest BCUT2D eigenvalue weighted by atomic mass is 10.1. The van der Waals surface area contributed by atoms with Crippen LogP contribution in [0.1, 0.15) is 30.0 Å². The molecule has 1 aliphatic carbocycles. The van der Waals surface area contributed by atoms with Gasteiger partial charge in [0.2, 0.25) is 0 Å². The Kier molecular flexibility index (Phi) is 5.17. The lowest BCUT2D eigenvalue weighted by Crippen LogP contribution is -2.32. The van der Waals surface area contributed by atoms with Gasteiger partial charge in [0.15, 0.2) is 0 Å². The van der Waals surface area contributed by atoms with Crippen molar-refractivity contribution in [2.45, 2.75) is 25.3 Å². The van der Waals surface area contributed by atoms with Gasteiger partial charge in [0.05, 0.1) is 6.61 Å². The number of hydrogen-bond donors (Lipinski definition) is 1. The van der Waals surface area contributed by atoms with Gasteiger partial charge in [0.25, 0.3) is 0 Å². The first-order chi connectivity index (χ1) is 8.86. The molecule has 0 radical (unpaired) electrons. The lowest BCUT2D eigenvalue weighted by Gasteiger charge is -2.29. The highest BCUT2D eigenvalue weighted by Gasteiger charge is 2.26. The van der Waals surface area contributed by atoms with E-state index in [0.29, 0.717) is 6.04 Å². The molecular weight excluding hydrogens is 226 g/mol. The lowest BCUT2D eigenvalue weighted by molar-refractivity contribution is 0.126. The van der Waals surface area contributed by atoms with Crippen molar-refractivity contribution in [2.75, 3.05) is 33.4 Å². The molecule has 0 fully saturated rings. The van der Waals surface area contributed by atoms with Crippen molar-refractivity contribution in [3.05, 3.63) is 35.4 Å². The van der Waals surface area contributed by atoms with Gasteiger partial charge < -0.3 is 9.84 Å². The quantitative estimate of drug-likeness (QED) is 0.750. The van der Waals surface area contributed by atoms with E-state index in [1.54, 1.807) is 7.11 Å². The topological polar surface area (TPSA) is 32.7 Å². The summed E-state index contributed by atoms with van der Waals surface area (Å²) in [6.07, 6.45) is 3.36. The molecule has 0 aromatic heterocycles. The third-order valence-corrected chi connectivity index (χ3v) is 3.72. The first-order valence-corrected chi connectivity index (χ1v) is 6.78. The van der Waals surface area contributed by atoms with Crippen LogP contribution in [-0.4, -0.2) is 43.4 Å². The Bertz CT molecular complexity index is 367. The third-order valence-electron chi connectivity index (χ3n) is 3.72. The maximum atomic E-state index is 9.23. The van der Waals surface area contributed by atoms with Crippen LogP contribution < -0.4 is 0 Å². The van der Waals surface area contributed by atoms with Crippen molar-refractivity contribution in [2.24, 2.45) is 0 Å². The summed E-state index contributed by atoms with van der Waals surface area (Å²) in [6.45, 7) is 2.76. The van der Waals surface area contributed by atoms with Crippen molar-refractivity contribution in [3.63, 3.8) is 0 Å². The summed E-state index contributed by atoms with van der Waals surface area (Å²) >= 11 is 0. The van der Waals surface area contributed by atoms with Crippen LogP contribution >= 0.6 is 0 Å². The fourth-order valence-corrected chi connectivity index (χ4v) is 2.88. The number of ether oxygens (including phenoxy) is 1. The molecule has 100 valence electrons. The van der Waals surface area contributed by atoms with Crippen molar-refractivity contribution >= 4 is 0 Å². The molecule has 2 rings (SSSR count). The van der Waals surface area contributed by atoms with Gasteiger partial charge in [-0.15, -0.1) is 0 Å². The number of fused-ring (bicyclic) bond motifs is 1. The van der Waals surface area contributed by atoms with E-state index in [1.807, 2.05) is 0 Å². The molecule has 0 bridgehead atoms. The second-order valence-corrected chi connectivity index (χ2v) is 4.86. The molecular formula is C15H23NO2. The van der Waals surface area contributed by atoms with Crippen LogP contribution in [0.25, 0.3) is 0 Å². The fourth-order valence-electron chi connectivity index (χ4n) is 2.88. The maximum Gasteiger partial charge on any atom is 0.0558 e. The largest absolute Gasteiger partial charge is 0.395 e. The first-order valence-electron chi connectivity index (χ1n) is 6.78. The molecule has 1 aromatic rings. The van der Waals surface area contributed by atoms with Crippen LogP contribution in [0.15, 0.2) is 24.3 Å². The highest BCUT2D eigenvalue weighted by atomic mass is 16.5. The van der Waals surface area contributed by atoms with Gasteiger partial charge >= 0.3 is 0 Å². The summed E-state index contributed by atoms with van der Waals surface area (Å²) in [4.78, 5) is 2.39. The second-order valence-electron chi connectivity index (χ2n) is 4.86. The minimum absolute atomic E-state index is 0.228. The molecule has 1 aromatic carbocycles. The van der Waals surface area contributed by atoms with Crippen LogP contribution in [0.2, 0.25) is 0 Å². The summed E-state index contributed by atoms with van der Waals surface area (Å²) < 4.78 is 5.11. The molecule has 0 heterocycles. The van der Waals surface area contributed by atoms with Gasteiger partial charge in [0.1, 0.15) is 0 Å². The summed E-state index contributed by atoms with van der Waals surface area (Å²) in [6, 6.07) is 9.16. The van der Waals surface area contributed by atoms with Crippen molar-refractivity contribution in [1.29, 1.82) is 0 Å². The van der Waals surface area contributed by atoms with Crippen LogP contribution in [0.4, 0.5) is 0 Å². The van der Waals surface area contributed by atoms with E-state index >= 15 is 0 Å². The Morgan fingerprint density at radius 2 is 2.17 bits per heavy atom. The van der Waals surface area contributed by atoms with E-state index in [4.69, 9.17) is 4.74 Å². The van der Waals surface area contributed by atoms with Gasteiger partial charge in [-0.2, -0.15) is 0 Å². The van der Waals surface area contributed by atoms with E-state index in [-0.39, 0.29) is 6.61 Å². The number of methoxy groups -OCH3 is 1. The average Bonchev–Trinajstić information content (AvgIpc) is 2.82. The average molecular weight is 249 g/mol. The van der Waals surface area contributed by atoms with Gasteiger partial charge in [-0.3, -0.25) is 4.90 Å². The van der Waals surface area contributed by atoms with Crippen LogP contribution in [0, 0.1) is 0 Å². The van der Waals surface area contributed by atoms with Gasteiger partial charge in [-0.25, -0.2) is 0 Å². The van der Waals surface area contributed by atoms with Gasteiger partial charge in [-0.05, 0) is 30.4 Å². The summed E-state index contributed by atoms with van der Waals surface area (Å²) in [7, 11) is 1.74. The first kappa shape index (κ1) is 13.5. The van der Waals surface area contributed by atoms with Crippen LogP contribution in [0.5, 0.6) is 0 Å². The smallest absolute Gasteiger partial charge is 0.0558 e. The predicted molar refractivity (Wildman–Crippen MR) is 72.7 cm³/mol. The van der Waals surface area contributed by atoms with Gasteiger partial charge in [-0.1, -0.05) is 24.3 Å². The molecule has 18 heavy (non-hydrogen) atoms. The Balaban J connectivity index is 2.03. The molecule has 1 N–H and O–H groups in total. The van der Waals surface area contributed by atoms with Crippen molar-refractivity contribution < 1.29 is 9.84 Å². The molecule has 0 aliphatic heterocycles. The normalized spacial score (nSPS) is 18.3. The van der Waals surface area contributed by atoms with E-state index in [1.165, 1.54) is 17.5 Å². The van der Waals surface area contributed by atoms with Crippen molar-refractivity contribution in [1.82, 2.24) is 4.90 Å². The number of aliphatic hydroxyl groups excluding tert-OH is 1. The SMILES string of the molecule is COCCCN(CCO)C1CCc2ccccc21. The zero-order valence-corrected chi connectivity index (χ0v) is 11.1. The number of benzene rings is 1. The zero-order chi connectivity index (χ0) is 12.8. The number of nitrogens with zero attached hydrogens (tertiary/aromatic N) is 1. The molecule has 3 nitrogen and oxygen atoms in total. The number of hydrogen-bond acceptors (Lipinski definition) is 3.